The van der Waals surface area contributed by atoms with Crippen molar-refractivity contribution in [3.8, 4) is 22.9 Å². The number of phenols is 1. The molecule has 1 amide bonds. The third kappa shape index (κ3) is 3.89. The number of aromatic hydroxyl groups is 1. The van der Waals surface area contributed by atoms with Crippen molar-refractivity contribution in [3.63, 3.8) is 0 Å². The monoisotopic (exact) mass is 529 g/mol. The molecule has 3 aromatic carbocycles. The lowest BCUT2D eigenvalue weighted by molar-refractivity contribution is 0.0543. The lowest BCUT2D eigenvalue weighted by Crippen LogP contribution is -2.46. The van der Waals surface area contributed by atoms with Gasteiger partial charge in [0.2, 0.25) is 5.65 Å². The second kappa shape index (κ2) is 9.21. The van der Waals surface area contributed by atoms with E-state index in [1.807, 2.05) is 24.3 Å². The number of hydrogen-bond acceptors (Lipinski definition) is 7. The van der Waals surface area contributed by atoms with Gasteiger partial charge in [0.05, 0.1) is 30.8 Å². The highest BCUT2D eigenvalue weighted by Crippen LogP contribution is 2.35. The highest BCUT2D eigenvalue weighted by atomic mass is 19.1. The van der Waals surface area contributed by atoms with E-state index in [4.69, 9.17) is 4.74 Å². The van der Waals surface area contributed by atoms with Gasteiger partial charge in [-0.05, 0) is 54.3 Å². The maximum absolute atomic E-state index is 14.4. The van der Waals surface area contributed by atoms with Crippen molar-refractivity contribution < 1.29 is 24.1 Å². The molecule has 11 heteroatoms. The Morgan fingerprint density at radius 1 is 1.18 bits per heavy atom. The Morgan fingerprint density at radius 3 is 2.69 bits per heavy atom. The molecule has 3 N–H and O–H groups in total. The predicted molar refractivity (Wildman–Crippen MR) is 140 cm³/mol. The van der Waals surface area contributed by atoms with Crippen LogP contribution >= 0.6 is 0 Å². The molecule has 10 nitrogen and oxygen atoms in total. The molecular formula is C28H24FN5O5. The average molecular weight is 530 g/mol. The molecule has 1 aliphatic heterocycles. The number of fused-ring (bicyclic) bond motifs is 4. The van der Waals surface area contributed by atoms with E-state index >= 15 is 0 Å². The molecule has 0 saturated heterocycles. The summed E-state index contributed by atoms with van der Waals surface area (Å²) in [5.74, 6) is -1.76. The van der Waals surface area contributed by atoms with Crippen molar-refractivity contribution >= 4 is 22.6 Å². The van der Waals surface area contributed by atoms with Crippen molar-refractivity contribution in [2.45, 2.75) is 25.9 Å². The SMILES string of the molecule is COc1cc(-c2nnc3c(=O)[nH]c4cc(C(=O)N5Cc6ccccc6C[C@@H]5CO)c(C)cc4n23)cc(F)c1O. The van der Waals surface area contributed by atoms with Crippen LogP contribution in [0.3, 0.4) is 0 Å². The molecule has 0 spiro atoms. The smallest absolute Gasteiger partial charge is 0.294 e. The average Bonchev–Trinajstić information content (AvgIpc) is 3.40. The van der Waals surface area contributed by atoms with E-state index in [1.165, 1.54) is 17.6 Å². The maximum Gasteiger partial charge on any atom is 0.294 e. The second-order valence-corrected chi connectivity index (χ2v) is 9.57. The normalized spacial score (nSPS) is 15.1. The number of carbonyl (C=O) groups is 1. The van der Waals surface area contributed by atoms with Gasteiger partial charge in [-0.2, -0.15) is 0 Å². The summed E-state index contributed by atoms with van der Waals surface area (Å²) in [6, 6.07) is 13.3. The van der Waals surface area contributed by atoms with Gasteiger partial charge in [-0.25, -0.2) is 4.39 Å². The number of rotatable bonds is 4. The fourth-order valence-corrected chi connectivity index (χ4v) is 5.23. The molecule has 39 heavy (non-hydrogen) atoms. The van der Waals surface area contributed by atoms with E-state index in [1.54, 1.807) is 24.0 Å². The molecule has 3 heterocycles. The minimum atomic E-state index is -0.916. The zero-order valence-corrected chi connectivity index (χ0v) is 21.1. The first kappa shape index (κ1) is 24.6. The molecule has 0 saturated carbocycles. The van der Waals surface area contributed by atoms with E-state index < -0.39 is 17.1 Å². The number of aromatic nitrogens is 4. The number of carbonyl (C=O) groups excluding carboxylic acids is 1. The third-order valence-electron chi connectivity index (χ3n) is 7.26. The second-order valence-electron chi connectivity index (χ2n) is 9.57. The Bertz CT molecular complexity index is 1850. The summed E-state index contributed by atoms with van der Waals surface area (Å²) in [6.45, 7) is 1.96. The Morgan fingerprint density at radius 2 is 1.95 bits per heavy atom. The van der Waals surface area contributed by atoms with Crippen LogP contribution in [0.15, 0.2) is 53.3 Å². The molecule has 2 aromatic heterocycles. The van der Waals surface area contributed by atoms with E-state index in [0.29, 0.717) is 35.1 Å². The number of halogens is 1. The Kier molecular flexibility index (Phi) is 5.80. The van der Waals surface area contributed by atoms with Gasteiger partial charge in [0.25, 0.3) is 11.5 Å². The number of ether oxygens (including phenoxy) is 1. The number of aromatic amines is 1. The Labute approximate surface area is 220 Å². The van der Waals surface area contributed by atoms with Gasteiger partial charge in [-0.1, -0.05) is 24.3 Å². The molecular weight excluding hydrogens is 505 g/mol. The number of phenolic OH excluding ortho intramolecular Hbond substituents is 1. The first-order valence-electron chi connectivity index (χ1n) is 12.3. The Balaban J connectivity index is 1.50. The van der Waals surface area contributed by atoms with Crippen LogP contribution in [0.25, 0.3) is 28.1 Å². The highest BCUT2D eigenvalue weighted by molar-refractivity contribution is 5.99. The molecule has 6 rings (SSSR count). The highest BCUT2D eigenvalue weighted by Gasteiger charge is 2.31. The maximum atomic E-state index is 14.4. The summed E-state index contributed by atoms with van der Waals surface area (Å²) in [7, 11) is 1.30. The Hall–Kier alpha value is -4.77. The minimum Gasteiger partial charge on any atom is -0.502 e. The molecule has 0 fully saturated rings. The van der Waals surface area contributed by atoms with Gasteiger partial charge < -0.3 is 24.8 Å². The summed E-state index contributed by atoms with van der Waals surface area (Å²) < 4.78 is 21.0. The van der Waals surface area contributed by atoms with Gasteiger partial charge in [-0.15, -0.1) is 10.2 Å². The van der Waals surface area contributed by atoms with Crippen molar-refractivity contribution in [2.75, 3.05) is 13.7 Å². The van der Waals surface area contributed by atoms with Crippen LogP contribution in [-0.2, 0) is 13.0 Å². The van der Waals surface area contributed by atoms with Gasteiger partial charge in [0.15, 0.2) is 23.1 Å². The molecule has 5 aromatic rings. The minimum absolute atomic E-state index is 0.0172. The molecule has 1 atom stereocenters. The summed E-state index contributed by atoms with van der Waals surface area (Å²) in [5.41, 5.74) is 3.65. The van der Waals surface area contributed by atoms with Crippen LogP contribution in [0.4, 0.5) is 4.39 Å². The molecule has 0 aliphatic carbocycles. The largest absolute Gasteiger partial charge is 0.502 e. The number of nitrogens with one attached hydrogen (secondary N) is 1. The van der Waals surface area contributed by atoms with Crippen molar-refractivity contribution in [2.24, 2.45) is 0 Å². The van der Waals surface area contributed by atoms with Gasteiger partial charge in [0, 0.05) is 17.7 Å². The third-order valence-corrected chi connectivity index (χ3v) is 7.26. The first-order valence-corrected chi connectivity index (χ1v) is 12.3. The van der Waals surface area contributed by atoms with Crippen molar-refractivity contribution in [1.29, 1.82) is 0 Å². The zero-order chi connectivity index (χ0) is 27.4. The van der Waals surface area contributed by atoms with Crippen molar-refractivity contribution in [1.82, 2.24) is 24.5 Å². The number of aliphatic hydroxyl groups is 1. The zero-order valence-electron chi connectivity index (χ0n) is 21.1. The lowest BCUT2D eigenvalue weighted by Gasteiger charge is -2.36. The topological polar surface area (TPSA) is 133 Å². The van der Waals surface area contributed by atoms with Crippen LogP contribution < -0.4 is 10.3 Å². The first-order chi connectivity index (χ1) is 18.8. The quantitative estimate of drug-likeness (QED) is 0.326. The number of benzene rings is 3. The van der Waals surface area contributed by atoms with E-state index in [2.05, 4.69) is 15.2 Å². The van der Waals surface area contributed by atoms with E-state index in [0.717, 1.165) is 17.2 Å². The lowest BCUT2D eigenvalue weighted by atomic mass is 9.93. The summed E-state index contributed by atoms with van der Waals surface area (Å²) in [5, 5.41) is 28.1. The molecule has 198 valence electrons. The summed E-state index contributed by atoms with van der Waals surface area (Å²) in [6.07, 6.45) is 0.541. The summed E-state index contributed by atoms with van der Waals surface area (Å²) >= 11 is 0. The number of amides is 1. The van der Waals surface area contributed by atoms with Gasteiger partial charge >= 0.3 is 0 Å². The molecule has 1 aliphatic rings. The molecule has 0 bridgehead atoms. The standard InChI is InChI=1S/C28H24FN5O5/c1-14-7-22-21(11-19(14)28(38)33-12-16-6-4-3-5-15(16)8-18(33)13-35)30-27(37)26-32-31-25(34(22)26)17-9-20(29)24(36)23(10-17)39-2/h3-7,9-11,18,35-36H,8,12-13H2,1-2H3,(H,30,37)/t18-/m1/s1. The van der Waals surface area contributed by atoms with Gasteiger partial charge in [0.1, 0.15) is 0 Å². The number of hydrogen-bond donors (Lipinski definition) is 3. The predicted octanol–water partition coefficient (Wildman–Crippen LogP) is 2.96. The summed E-state index contributed by atoms with van der Waals surface area (Å²) in [4.78, 5) is 31.1. The van der Waals surface area contributed by atoms with Crippen molar-refractivity contribution in [3.05, 3.63) is 87.0 Å². The number of methoxy groups -OCH3 is 1. The number of aliphatic hydroxyl groups excluding tert-OH is 1. The fourth-order valence-electron chi connectivity index (χ4n) is 5.23. The molecule has 0 radical (unpaired) electrons. The number of aryl methyl sites for hydroxylation is 1. The fraction of sp³-hybridized carbons (Fsp3) is 0.214. The number of nitrogens with zero attached hydrogens (tertiary/aromatic N) is 4. The van der Waals surface area contributed by atoms with Crippen LogP contribution in [-0.4, -0.2) is 60.4 Å². The van der Waals surface area contributed by atoms with Gasteiger partial charge in [-0.3, -0.25) is 14.0 Å². The van der Waals surface area contributed by atoms with Crippen LogP contribution in [0, 0.1) is 12.7 Å². The van der Waals surface area contributed by atoms with E-state index in [9.17, 15) is 24.2 Å². The van der Waals surface area contributed by atoms with Crippen LogP contribution in [0.5, 0.6) is 11.5 Å². The number of H-pyrrole nitrogens is 1. The van der Waals surface area contributed by atoms with Crippen LogP contribution in [0.1, 0.15) is 27.0 Å². The van der Waals surface area contributed by atoms with E-state index in [-0.39, 0.29) is 41.3 Å². The van der Waals surface area contributed by atoms with Crippen LogP contribution in [0.2, 0.25) is 0 Å². The molecule has 0 unspecified atom stereocenters.